The molecule has 1 aromatic heterocycles. The Morgan fingerprint density at radius 2 is 2.14 bits per heavy atom. The summed E-state index contributed by atoms with van der Waals surface area (Å²) < 4.78 is 10.4. The first-order chi connectivity index (χ1) is 10.1. The molecule has 0 unspecified atom stereocenters. The second-order valence-corrected chi connectivity index (χ2v) is 5.07. The number of aromatic nitrogens is 1. The molecule has 0 saturated carbocycles. The van der Waals surface area contributed by atoms with E-state index >= 15 is 0 Å². The van der Waals surface area contributed by atoms with Gasteiger partial charge in [0.2, 0.25) is 6.79 Å². The van der Waals surface area contributed by atoms with Crippen LogP contribution in [0.5, 0.6) is 11.5 Å². The number of hydrogen-bond acceptors (Lipinski definition) is 6. The highest BCUT2D eigenvalue weighted by atomic mass is 32.1. The SMILES string of the molecule is O=C(O)c1csc(C(=O)NCc2ccc3c(c2)OCO3)n1. The molecule has 1 amide bonds. The Morgan fingerprint density at radius 3 is 2.90 bits per heavy atom. The van der Waals surface area contributed by atoms with Crippen molar-refractivity contribution in [2.45, 2.75) is 6.54 Å². The Balaban J connectivity index is 1.64. The fourth-order valence-electron chi connectivity index (χ4n) is 1.79. The summed E-state index contributed by atoms with van der Waals surface area (Å²) in [7, 11) is 0. The third-order valence-corrected chi connectivity index (χ3v) is 3.65. The molecule has 1 aliphatic rings. The van der Waals surface area contributed by atoms with Gasteiger partial charge in [0.05, 0.1) is 0 Å². The minimum Gasteiger partial charge on any atom is -0.476 e. The molecule has 0 aliphatic carbocycles. The Labute approximate surface area is 123 Å². The summed E-state index contributed by atoms with van der Waals surface area (Å²) in [6, 6.07) is 5.38. The number of nitrogens with zero attached hydrogens (tertiary/aromatic N) is 1. The summed E-state index contributed by atoms with van der Waals surface area (Å²) in [5.41, 5.74) is 0.718. The lowest BCUT2D eigenvalue weighted by Gasteiger charge is -2.04. The minimum absolute atomic E-state index is 0.119. The standard InChI is InChI=1S/C13H10N2O5S/c16-11(12-15-8(5-21-12)13(17)18)14-4-7-1-2-9-10(3-7)20-6-19-9/h1-3,5H,4,6H2,(H,14,16)(H,17,18). The van der Waals surface area contributed by atoms with Crippen LogP contribution in [0.1, 0.15) is 25.9 Å². The fraction of sp³-hybridized carbons (Fsp3) is 0.154. The van der Waals surface area contributed by atoms with Crippen LogP contribution in [0.25, 0.3) is 0 Å². The lowest BCUT2D eigenvalue weighted by molar-refractivity contribution is 0.0691. The van der Waals surface area contributed by atoms with E-state index in [9.17, 15) is 9.59 Å². The first-order valence-corrected chi connectivity index (χ1v) is 6.87. The molecule has 0 bridgehead atoms. The van der Waals surface area contributed by atoms with Crippen LogP contribution in [0.4, 0.5) is 0 Å². The number of nitrogens with one attached hydrogen (secondary N) is 1. The monoisotopic (exact) mass is 306 g/mol. The Morgan fingerprint density at radius 1 is 1.33 bits per heavy atom. The van der Waals surface area contributed by atoms with E-state index in [1.54, 1.807) is 12.1 Å². The number of carboxylic acid groups (broad SMARTS) is 1. The Hall–Kier alpha value is -2.61. The van der Waals surface area contributed by atoms with Crippen LogP contribution in [0.15, 0.2) is 23.6 Å². The zero-order valence-electron chi connectivity index (χ0n) is 10.7. The maximum absolute atomic E-state index is 11.9. The van der Waals surface area contributed by atoms with Gasteiger partial charge < -0.3 is 19.9 Å². The molecule has 2 N–H and O–H groups in total. The van der Waals surface area contributed by atoms with Crippen molar-refractivity contribution >= 4 is 23.2 Å². The van der Waals surface area contributed by atoms with Crippen LogP contribution in [0.3, 0.4) is 0 Å². The summed E-state index contributed by atoms with van der Waals surface area (Å²) in [6.45, 7) is 0.486. The van der Waals surface area contributed by atoms with Gasteiger partial charge in [-0.05, 0) is 17.7 Å². The average Bonchev–Trinajstić information content (AvgIpc) is 3.12. The summed E-state index contributed by atoms with van der Waals surface area (Å²) in [5, 5.41) is 12.9. The lowest BCUT2D eigenvalue weighted by Crippen LogP contribution is -2.22. The molecule has 2 heterocycles. The maximum Gasteiger partial charge on any atom is 0.355 e. The molecular weight excluding hydrogens is 296 g/mol. The molecule has 0 atom stereocenters. The van der Waals surface area contributed by atoms with Crippen LogP contribution in [0.2, 0.25) is 0 Å². The zero-order chi connectivity index (χ0) is 14.8. The zero-order valence-corrected chi connectivity index (χ0v) is 11.5. The van der Waals surface area contributed by atoms with Crippen molar-refractivity contribution in [1.82, 2.24) is 10.3 Å². The highest BCUT2D eigenvalue weighted by Crippen LogP contribution is 2.32. The molecule has 0 fully saturated rings. The molecular formula is C13H10N2O5S. The van der Waals surface area contributed by atoms with Crippen molar-refractivity contribution in [3.05, 3.63) is 39.8 Å². The number of rotatable bonds is 4. The minimum atomic E-state index is -1.15. The van der Waals surface area contributed by atoms with E-state index in [1.165, 1.54) is 5.38 Å². The molecule has 2 aromatic rings. The van der Waals surface area contributed by atoms with E-state index in [4.69, 9.17) is 14.6 Å². The first kappa shape index (κ1) is 13.4. The van der Waals surface area contributed by atoms with E-state index in [2.05, 4.69) is 10.3 Å². The van der Waals surface area contributed by atoms with Crippen molar-refractivity contribution in [2.24, 2.45) is 0 Å². The maximum atomic E-state index is 11.9. The summed E-state index contributed by atoms with van der Waals surface area (Å²) in [4.78, 5) is 26.3. The molecule has 7 nitrogen and oxygen atoms in total. The molecule has 1 aromatic carbocycles. The van der Waals surface area contributed by atoms with Crippen LogP contribution < -0.4 is 14.8 Å². The highest BCUT2D eigenvalue weighted by molar-refractivity contribution is 7.11. The van der Waals surface area contributed by atoms with Gasteiger partial charge in [0, 0.05) is 11.9 Å². The summed E-state index contributed by atoms with van der Waals surface area (Å²) in [6.07, 6.45) is 0. The van der Waals surface area contributed by atoms with Crippen LogP contribution >= 0.6 is 11.3 Å². The third-order valence-electron chi connectivity index (χ3n) is 2.81. The average molecular weight is 306 g/mol. The largest absolute Gasteiger partial charge is 0.476 e. The number of aromatic carboxylic acids is 1. The van der Waals surface area contributed by atoms with Crippen LogP contribution in [-0.2, 0) is 6.54 Å². The van der Waals surface area contributed by atoms with E-state index < -0.39 is 11.9 Å². The number of carboxylic acids is 1. The van der Waals surface area contributed by atoms with Crippen molar-refractivity contribution in [3.63, 3.8) is 0 Å². The van der Waals surface area contributed by atoms with Gasteiger partial charge in [-0.3, -0.25) is 4.79 Å². The number of carbonyl (C=O) groups is 2. The number of amides is 1. The highest BCUT2D eigenvalue weighted by Gasteiger charge is 2.16. The quantitative estimate of drug-likeness (QED) is 0.888. The number of carbonyl (C=O) groups excluding carboxylic acids is 1. The van der Waals surface area contributed by atoms with Crippen LogP contribution in [-0.4, -0.2) is 28.8 Å². The topological polar surface area (TPSA) is 97.8 Å². The van der Waals surface area contributed by atoms with Crippen LogP contribution in [0, 0.1) is 0 Å². The van der Waals surface area contributed by atoms with E-state index in [-0.39, 0.29) is 24.0 Å². The number of fused-ring (bicyclic) bond motifs is 1. The predicted octanol–water partition coefficient (Wildman–Crippen LogP) is 1.50. The van der Waals surface area contributed by atoms with E-state index in [1.807, 2.05) is 6.07 Å². The van der Waals surface area contributed by atoms with Gasteiger partial charge in [-0.25, -0.2) is 9.78 Å². The summed E-state index contributed by atoms with van der Waals surface area (Å²) >= 11 is 0.993. The molecule has 0 radical (unpaired) electrons. The molecule has 21 heavy (non-hydrogen) atoms. The molecule has 0 spiro atoms. The van der Waals surface area contributed by atoms with Crippen molar-refractivity contribution < 1.29 is 24.2 Å². The van der Waals surface area contributed by atoms with Crippen molar-refractivity contribution in [3.8, 4) is 11.5 Å². The fourth-order valence-corrected chi connectivity index (χ4v) is 2.49. The number of ether oxygens (including phenoxy) is 2. The van der Waals surface area contributed by atoms with Gasteiger partial charge in [0.15, 0.2) is 22.2 Å². The molecule has 3 rings (SSSR count). The predicted molar refractivity (Wildman–Crippen MR) is 72.8 cm³/mol. The van der Waals surface area contributed by atoms with Gasteiger partial charge in [0.25, 0.3) is 5.91 Å². The van der Waals surface area contributed by atoms with E-state index in [0.29, 0.717) is 11.5 Å². The second-order valence-electron chi connectivity index (χ2n) is 4.21. The van der Waals surface area contributed by atoms with Gasteiger partial charge in [-0.2, -0.15) is 0 Å². The van der Waals surface area contributed by atoms with Crippen molar-refractivity contribution in [1.29, 1.82) is 0 Å². The molecule has 8 heteroatoms. The molecule has 108 valence electrons. The Kier molecular flexibility index (Phi) is 3.44. The first-order valence-electron chi connectivity index (χ1n) is 5.99. The lowest BCUT2D eigenvalue weighted by atomic mass is 10.2. The van der Waals surface area contributed by atoms with Gasteiger partial charge >= 0.3 is 5.97 Å². The smallest absolute Gasteiger partial charge is 0.355 e. The van der Waals surface area contributed by atoms with Gasteiger partial charge in [-0.15, -0.1) is 11.3 Å². The van der Waals surface area contributed by atoms with Gasteiger partial charge in [-0.1, -0.05) is 6.07 Å². The molecule has 0 saturated heterocycles. The number of benzene rings is 1. The molecule has 1 aliphatic heterocycles. The normalized spacial score (nSPS) is 12.2. The Bertz CT molecular complexity index is 712. The van der Waals surface area contributed by atoms with Crippen molar-refractivity contribution in [2.75, 3.05) is 6.79 Å². The summed E-state index contributed by atoms with van der Waals surface area (Å²) in [5.74, 6) is -0.244. The second kappa shape index (κ2) is 5.41. The number of hydrogen-bond donors (Lipinski definition) is 2. The van der Waals surface area contributed by atoms with Gasteiger partial charge in [0.1, 0.15) is 0 Å². The van der Waals surface area contributed by atoms with E-state index in [0.717, 1.165) is 16.9 Å². The number of thiazole rings is 1. The third kappa shape index (κ3) is 2.79.